The van der Waals surface area contributed by atoms with Crippen molar-refractivity contribution in [2.45, 2.75) is 57.0 Å². The molecular weight excluding hydrogens is 535 g/mol. The maximum Gasteiger partial charge on any atom is 0.573 e. The standard InChI is InChI=1S/C27H25F5N6O2/c1-10(2)20-18-22(16-14-9-35-23(17(14)16)26-34-5-6-39-26)37-38(12-3-4-12)24(18)19(29)21(36-20)13-7-11(33)8-15(28)25(13)40-27(30,31)32/h5-8,10,12,14,16-17,23,35H,3-4,9,33H2,1-2H3/t14-,16-,17-,23+/m1/s1. The summed E-state index contributed by atoms with van der Waals surface area (Å²) in [4.78, 5) is 8.83. The number of halogens is 5. The summed E-state index contributed by atoms with van der Waals surface area (Å²) < 4.78 is 82.2. The zero-order valence-electron chi connectivity index (χ0n) is 21.5. The number of ether oxygens (including phenoxy) is 1. The Morgan fingerprint density at radius 1 is 1.20 bits per heavy atom. The smallest absolute Gasteiger partial charge is 0.447 e. The third-order valence-electron chi connectivity index (χ3n) is 8.04. The van der Waals surface area contributed by atoms with Gasteiger partial charge in [-0.3, -0.25) is 4.68 Å². The number of nitrogens with two attached hydrogens (primary N) is 1. The van der Waals surface area contributed by atoms with E-state index in [1.54, 1.807) is 10.9 Å². The van der Waals surface area contributed by atoms with Crippen LogP contribution in [0.4, 0.5) is 27.6 Å². The van der Waals surface area contributed by atoms with E-state index in [-0.39, 0.29) is 47.0 Å². The van der Waals surface area contributed by atoms with Gasteiger partial charge in [0.25, 0.3) is 0 Å². The summed E-state index contributed by atoms with van der Waals surface area (Å²) >= 11 is 0. The molecule has 7 rings (SSSR count). The van der Waals surface area contributed by atoms with Gasteiger partial charge in [0.2, 0.25) is 5.89 Å². The highest BCUT2D eigenvalue weighted by atomic mass is 19.4. The Labute approximate surface area is 224 Å². The average molecular weight is 561 g/mol. The van der Waals surface area contributed by atoms with Crippen LogP contribution < -0.4 is 15.8 Å². The summed E-state index contributed by atoms with van der Waals surface area (Å²) in [6.07, 6.45) is -0.526. The second-order valence-electron chi connectivity index (χ2n) is 11.0. The molecule has 0 unspecified atom stereocenters. The molecule has 3 N–H and O–H groups in total. The molecule has 1 aromatic carbocycles. The molecule has 4 heterocycles. The molecule has 3 fully saturated rings. The number of nitrogen functional groups attached to an aromatic ring is 1. The molecule has 3 aliphatic rings. The van der Waals surface area contributed by atoms with Crippen LogP contribution in [0.25, 0.3) is 22.2 Å². The topological polar surface area (TPSA) is 104 Å². The van der Waals surface area contributed by atoms with Crippen LogP contribution in [-0.4, -0.2) is 32.7 Å². The Morgan fingerprint density at radius 2 is 1.98 bits per heavy atom. The minimum Gasteiger partial charge on any atom is -0.447 e. The van der Waals surface area contributed by atoms with E-state index in [4.69, 9.17) is 15.2 Å². The minimum absolute atomic E-state index is 0.000798. The van der Waals surface area contributed by atoms with Crippen molar-refractivity contribution >= 4 is 16.6 Å². The highest BCUT2D eigenvalue weighted by Crippen LogP contribution is 2.64. The van der Waals surface area contributed by atoms with Crippen molar-refractivity contribution in [2.24, 2.45) is 11.8 Å². The van der Waals surface area contributed by atoms with Crippen LogP contribution in [0.3, 0.4) is 0 Å². The molecule has 40 heavy (non-hydrogen) atoms. The first-order chi connectivity index (χ1) is 19.0. The van der Waals surface area contributed by atoms with Crippen molar-refractivity contribution in [3.8, 4) is 17.0 Å². The van der Waals surface area contributed by atoms with Gasteiger partial charge in [-0.25, -0.2) is 18.7 Å². The molecular formula is C27H25F5N6O2. The van der Waals surface area contributed by atoms with E-state index in [9.17, 15) is 17.6 Å². The van der Waals surface area contributed by atoms with Gasteiger partial charge in [0, 0.05) is 23.1 Å². The normalized spacial score (nSPS) is 24.2. The molecule has 4 atom stereocenters. The lowest BCUT2D eigenvalue weighted by Crippen LogP contribution is -2.20. The van der Waals surface area contributed by atoms with Gasteiger partial charge in [0.15, 0.2) is 17.4 Å². The van der Waals surface area contributed by atoms with Crippen LogP contribution in [-0.2, 0) is 0 Å². The summed E-state index contributed by atoms with van der Waals surface area (Å²) in [5.74, 6) is -2.74. The zero-order chi connectivity index (χ0) is 28.1. The third-order valence-corrected chi connectivity index (χ3v) is 8.04. The van der Waals surface area contributed by atoms with Crippen LogP contribution >= 0.6 is 0 Å². The second-order valence-corrected chi connectivity index (χ2v) is 11.0. The van der Waals surface area contributed by atoms with E-state index in [0.29, 0.717) is 35.3 Å². The molecule has 2 aliphatic carbocycles. The molecule has 8 nitrogen and oxygen atoms in total. The van der Waals surface area contributed by atoms with Gasteiger partial charge in [-0.1, -0.05) is 13.8 Å². The number of benzene rings is 1. The van der Waals surface area contributed by atoms with Crippen LogP contribution in [0, 0.1) is 23.5 Å². The van der Waals surface area contributed by atoms with Crippen molar-refractivity contribution in [2.75, 3.05) is 12.3 Å². The number of piperidine rings is 1. The first kappa shape index (κ1) is 25.2. The molecule has 210 valence electrons. The Morgan fingerprint density at radius 3 is 2.62 bits per heavy atom. The van der Waals surface area contributed by atoms with E-state index in [2.05, 4.69) is 20.0 Å². The summed E-state index contributed by atoms with van der Waals surface area (Å²) in [7, 11) is 0. The molecule has 0 amide bonds. The first-order valence-electron chi connectivity index (χ1n) is 13.1. The number of fused-ring (bicyclic) bond motifs is 2. The van der Waals surface area contributed by atoms with Crippen LogP contribution in [0.2, 0.25) is 0 Å². The Kier molecular flexibility index (Phi) is 5.44. The minimum atomic E-state index is -5.21. The van der Waals surface area contributed by atoms with Gasteiger partial charge in [-0.05, 0) is 43.2 Å². The van der Waals surface area contributed by atoms with E-state index in [1.807, 2.05) is 13.8 Å². The summed E-state index contributed by atoms with van der Waals surface area (Å²) in [5, 5.41) is 8.90. The van der Waals surface area contributed by atoms with Crippen molar-refractivity contribution in [1.29, 1.82) is 0 Å². The number of hydrogen-bond donors (Lipinski definition) is 2. The molecule has 1 saturated heterocycles. The molecule has 1 aliphatic heterocycles. The maximum absolute atomic E-state index is 16.5. The number of rotatable bonds is 6. The summed E-state index contributed by atoms with van der Waals surface area (Å²) in [6.45, 7) is 4.44. The number of anilines is 1. The SMILES string of the molecule is CC(C)c1nc(-c2cc(N)cc(F)c2OC(F)(F)F)c(F)c2c1c([C@@H]1[C@H]3CN[C@H](c4ncco4)[C@H]31)nn2C1CC1. The Bertz CT molecular complexity index is 1630. The summed E-state index contributed by atoms with van der Waals surface area (Å²) in [5.41, 5.74) is 5.92. The Balaban J connectivity index is 1.43. The number of nitrogens with zero attached hydrogens (tertiary/aromatic N) is 4. The molecule has 0 bridgehead atoms. The summed E-state index contributed by atoms with van der Waals surface area (Å²) in [6, 6.07) is 1.58. The number of pyridine rings is 1. The number of alkyl halides is 3. The fourth-order valence-electron chi connectivity index (χ4n) is 6.22. The van der Waals surface area contributed by atoms with E-state index < -0.39 is 35.0 Å². The second kappa shape index (κ2) is 8.63. The van der Waals surface area contributed by atoms with Gasteiger partial charge in [-0.2, -0.15) is 5.10 Å². The van der Waals surface area contributed by atoms with E-state index in [0.717, 1.165) is 18.9 Å². The van der Waals surface area contributed by atoms with Crippen molar-refractivity contribution in [3.63, 3.8) is 0 Å². The van der Waals surface area contributed by atoms with Crippen molar-refractivity contribution in [1.82, 2.24) is 25.1 Å². The fraction of sp³-hybridized carbons (Fsp3) is 0.444. The van der Waals surface area contributed by atoms with Crippen LogP contribution in [0.15, 0.2) is 29.0 Å². The molecule has 0 spiro atoms. The lowest BCUT2D eigenvalue weighted by atomic mass is 9.97. The highest BCUT2D eigenvalue weighted by molar-refractivity contribution is 5.91. The third kappa shape index (κ3) is 3.93. The van der Waals surface area contributed by atoms with Gasteiger partial charge in [0.1, 0.15) is 17.5 Å². The zero-order valence-corrected chi connectivity index (χ0v) is 21.5. The maximum atomic E-state index is 16.5. The van der Waals surface area contributed by atoms with Gasteiger partial charge < -0.3 is 20.2 Å². The first-order valence-corrected chi connectivity index (χ1v) is 13.1. The van der Waals surface area contributed by atoms with E-state index in [1.165, 1.54) is 6.26 Å². The van der Waals surface area contributed by atoms with Crippen molar-refractivity contribution < 1.29 is 31.1 Å². The number of nitrogens with one attached hydrogen (secondary N) is 1. The molecule has 2 saturated carbocycles. The van der Waals surface area contributed by atoms with Gasteiger partial charge in [0.05, 0.1) is 35.2 Å². The van der Waals surface area contributed by atoms with Crippen LogP contribution in [0.1, 0.15) is 67.9 Å². The number of hydrogen-bond acceptors (Lipinski definition) is 7. The van der Waals surface area contributed by atoms with Gasteiger partial charge in [-0.15, -0.1) is 13.2 Å². The predicted molar refractivity (Wildman–Crippen MR) is 133 cm³/mol. The average Bonchev–Trinajstić information content (AvgIpc) is 3.64. The number of aromatic nitrogens is 4. The predicted octanol–water partition coefficient (Wildman–Crippen LogP) is 5.98. The molecule has 3 aromatic heterocycles. The lowest BCUT2D eigenvalue weighted by Gasteiger charge is -2.18. The highest BCUT2D eigenvalue weighted by Gasteiger charge is 2.62. The monoisotopic (exact) mass is 560 g/mol. The molecule has 0 radical (unpaired) electrons. The molecule has 4 aromatic rings. The number of oxazole rings is 1. The van der Waals surface area contributed by atoms with Gasteiger partial charge >= 0.3 is 6.36 Å². The Hall–Kier alpha value is -3.74. The molecule has 13 heteroatoms. The van der Waals surface area contributed by atoms with Crippen LogP contribution in [0.5, 0.6) is 5.75 Å². The van der Waals surface area contributed by atoms with Crippen molar-refractivity contribution in [3.05, 3.63) is 53.5 Å². The quantitative estimate of drug-likeness (QED) is 0.221. The largest absolute Gasteiger partial charge is 0.573 e. The lowest BCUT2D eigenvalue weighted by molar-refractivity contribution is -0.275. The fourth-order valence-corrected chi connectivity index (χ4v) is 6.22. The van der Waals surface area contributed by atoms with E-state index >= 15 is 4.39 Å².